The summed E-state index contributed by atoms with van der Waals surface area (Å²) < 4.78 is 25.4. The van der Waals surface area contributed by atoms with Crippen molar-refractivity contribution in [3.8, 4) is 0 Å². The number of H-pyrrole nitrogens is 1. The number of fused-ring (bicyclic) bond motifs is 2. The van der Waals surface area contributed by atoms with Crippen LogP contribution in [0.2, 0.25) is 0 Å². The van der Waals surface area contributed by atoms with Gasteiger partial charge in [-0.15, -0.1) is 0 Å². The highest BCUT2D eigenvalue weighted by molar-refractivity contribution is 7.93. The van der Waals surface area contributed by atoms with Gasteiger partial charge in [-0.1, -0.05) is 12.1 Å². The lowest BCUT2D eigenvalue weighted by Gasteiger charge is -2.24. The number of sulfone groups is 1. The molecule has 0 bridgehead atoms. The average Bonchev–Trinajstić information content (AvgIpc) is 3.15. The summed E-state index contributed by atoms with van der Waals surface area (Å²) in [4.78, 5) is 4.53. The van der Waals surface area contributed by atoms with E-state index in [0.29, 0.717) is 10.9 Å². The Hall–Kier alpha value is -2.97. The summed E-state index contributed by atoms with van der Waals surface area (Å²) in [5.74, 6) is 0. The molecule has 0 amide bonds. The number of aliphatic hydroxyl groups is 1. The average molecular weight is 410 g/mol. The Morgan fingerprint density at radius 2 is 2.00 bits per heavy atom. The van der Waals surface area contributed by atoms with Crippen molar-refractivity contribution < 1.29 is 13.5 Å². The van der Waals surface area contributed by atoms with Crippen LogP contribution in [-0.2, 0) is 9.84 Å². The van der Waals surface area contributed by atoms with E-state index in [2.05, 4.69) is 20.5 Å². The molecule has 150 valence electrons. The Kier molecular flexibility index (Phi) is 4.76. The number of nitrogens with one attached hydrogen (secondary N) is 2. The molecule has 4 aromatic rings. The number of hydrogen-bond acceptors (Lipinski definition) is 6. The molecule has 0 aliphatic rings. The molecule has 0 radical (unpaired) electrons. The van der Waals surface area contributed by atoms with Crippen LogP contribution < -0.4 is 5.32 Å². The van der Waals surface area contributed by atoms with E-state index < -0.39 is 14.6 Å². The van der Waals surface area contributed by atoms with Crippen LogP contribution in [0.1, 0.15) is 20.3 Å². The molecule has 0 spiro atoms. The smallest absolute Gasteiger partial charge is 0.185 e. The zero-order valence-electron chi connectivity index (χ0n) is 16.2. The number of benzene rings is 2. The fourth-order valence-electron chi connectivity index (χ4n) is 3.35. The van der Waals surface area contributed by atoms with E-state index in [1.807, 2.05) is 30.3 Å². The highest BCUT2D eigenvalue weighted by Gasteiger charge is 2.36. The molecule has 7 nitrogen and oxygen atoms in total. The molecular formula is C21H22N4O3S. The minimum atomic E-state index is -3.70. The minimum absolute atomic E-state index is 0.147. The number of pyridine rings is 1. The Labute approximate surface area is 168 Å². The lowest BCUT2D eigenvalue weighted by Crippen LogP contribution is -2.33. The number of rotatable bonds is 6. The third-order valence-electron chi connectivity index (χ3n) is 5.19. The van der Waals surface area contributed by atoms with Gasteiger partial charge in [-0.25, -0.2) is 8.42 Å². The van der Waals surface area contributed by atoms with Crippen molar-refractivity contribution in [2.24, 2.45) is 0 Å². The van der Waals surface area contributed by atoms with Crippen LogP contribution >= 0.6 is 0 Å². The van der Waals surface area contributed by atoms with Gasteiger partial charge in [-0.3, -0.25) is 10.1 Å². The maximum atomic E-state index is 13.3. The second-order valence-corrected chi connectivity index (χ2v) is 10.1. The number of anilines is 2. The summed E-state index contributed by atoms with van der Waals surface area (Å²) >= 11 is 0. The van der Waals surface area contributed by atoms with Gasteiger partial charge in [0.15, 0.2) is 9.84 Å². The number of aliphatic hydroxyl groups excluding tert-OH is 1. The molecule has 0 saturated heterocycles. The quantitative estimate of drug-likeness (QED) is 0.446. The van der Waals surface area contributed by atoms with Crippen LogP contribution in [0.4, 0.5) is 11.4 Å². The van der Waals surface area contributed by atoms with Gasteiger partial charge in [0.05, 0.1) is 26.9 Å². The van der Waals surface area contributed by atoms with Crippen LogP contribution in [0.3, 0.4) is 0 Å². The van der Waals surface area contributed by atoms with Crippen molar-refractivity contribution >= 4 is 43.0 Å². The normalized spacial score (nSPS) is 12.5. The molecule has 0 aliphatic carbocycles. The summed E-state index contributed by atoms with van der Waals surface area (Å²) in [5.41, 5.74) is 2.92. The van der Waals surface area contributed by atoms with Gasteiger partial charge in [-0.05, 0) is 50.6 Å². The number of aromatic amines is 1. The SMILES string of the molecule is CC(C)(CCO)S(=O)(=O)c1cccc2c(Nc3ccc4cn[nH]c4c3)ccnc12. The Balaban J connectivity index is 1.81. The summed E-state index contributed by atoms with van der Waals surface area (Å²) in [5, 5.41) is 21.3. The third kappa shape index (κ3) is 3.34. The molecule has 2 aromatic heterocycles. The van der Waals surface area contributed by atoms with Crippen molar-refractivity contribution in [3.05, 3.63) is 54.9 Å². The van der Waals surface area contributed by atoms with Gasteiger partial charge < -0.3 is 10.4 Å². The lowest BCUT2D eigenvalue weighted by molar-refractivity contribution is 0.272. The predicted octanol–water partition coefficient (Wildman–Crippen LogP) is 3.79. The first-order valence-corrected chi connectivity index (χ1v) is 10.8. The Bertz CT molecular complexity index is 1300. The Morgan fingerprint density at radius 3 is 2.79 bits per heavy atom. The molecule has 29 heavy (non-hydrogen) atoms. The van der Waals surface area contributed by atoms with Crippen molar-refractivity contribution in [1.82, 2.24) is 15.2 Å². The van der Waals surface area contributed by atoms with E-state index in [0.717, 1.165) is 22.3 Å². The van der Waals surface area contributed by atoms with Crippen molar-refractivity contribution in [3.63, 3.8) is 0 Å². The van der Waals surface area contributed by atoms with Gasteiger partial charge in [0.2, 0.25) is 0 Å². The van der Waals surface area contributed by atoms with Crippen LogP contribution in [0.5, 0.6) is 0 Å². The van der Waals surface area contributed by atoms with E-state index >= 15 is 0 Å². The molecule has 8 heteroatoms. The van der Waals surface area contributed by atoms with Gasteiger partial charge in [-0.2, -0.15) is 5.10 Å². The number of para-hydroxylation sites is 1. The molecule has 0 fully saturated rings. The summed E-state index contributed by atoms with van der Waals surface area (Å²) in [6.45, 7) is 3.05. The molecule has 4 rings (SSSR count). The summed E-state index contributed by atoms with van der Waals surface area (Å²) in [7, 11) is -3.70. The first kappa shape index (κ1) is 19.4. The third-order valence-corrected chi connectivity index (χ3v) is 7.75. The topological polar surface area (TPSA) is 108 Å². The Morgan fingerprint density at radius 1 is 1.17 bits per heavy atom. The molecule has 0 aliphatic heterocycles. The number of nitrogens with zero attached hydrogens (tertiary/aromatic N) is 2. The monoisotopic (exact) mass is 410 g/mol. The fraction of sp³-hybridized carbons (Fsp3) is 0.238. The second kappa shape index (κ2) is 7.13. The highest BCUT2D eigenvalue weighted by atomic mass is 32.2. The molecule has 0 unspecified atom stereocenters. The van der Waals surface area contributed by atoms with Gasteiger partial charge >= 0.3 is 0 Å². The molecule has 3 N–H and O–H groups in total. The van der Waals surface area contributed by atoms with Gasteiger partial charge in [0.25, 0.3) is 0 Å². The molecule has 0 atom stereocenters. The van der Waals surface area contributed by atoms with E-state index in [9.17, 15) is 13.5 Å². The van der Waals surface area contributed by atoms with Crippen molar-refractivity contribution in [1.29, 1.82) is 0 Å². The maximum absolute atomic E-state index is 13.3. The van der Waals surface area contributed by atoms with E-state index in [1.165, 1.54) is 0 Å². The summed E-state index contributed by atoms with van der Waals surface area (Å²) in [6.07, 6.45) is 3.50. The van der Waals surface area contributed by atoms with E-state index in [1.54, 1.807) is 38.4 Å². The van der Waals surface area contributed by atoms with Gasteiger partial charge in [0.1, 0.15) is 0 Å². The molecular weight excluding hydrogens is 388 g/mol. The zero-order chi connectivity index (χ0) is 20.6. The lowest BCUT2D eigenvalue weighted by atomic mass is 10.1. The first-order chi connectivity index (χ1) is 13.8. The number of aromatic nitrogens is 3. The van der Waals surface area contributed by atoms with E-state index in [4.69, 9.17) is 0 Å². The van der Waals surface area contributed by atoms with E-state index in [-0.39, 0.29) is 17.9 Å². The van der Waals surface area contributed by atoms with Crippen LogP contribution in [0.15, 0.2) is 59.8 Å². The van der Waals surface area contributed by atoms with Crippen molar-refractivity contribution in [2.45, 2.75) is 29.9 Å². The maximum Gasteiger partial charge on any atom is 0.185 e. The minimum Gasteiger partial charge on any atom is -0.396 e. The summed E-state index contributed by atoms with van der Waals surface area (Å²) in [6, 6.07) is 12.8. The van der Waals surface area contributed by atoms with Crippen molar-refractivity contribution in [2.75, 3.05) is 11.9 Å². The zero-order valence-corrected chi connectivity index (χ0v) is 17.0. The van der Waals surface area contributed by atoms with Gasteiger partial charge in [0, 0.05) is 35.0 Å². The van der Waals surface area contributed by atoms with Crippen LogP contribution in [0.25, 0.3) is 21.8 Å². The molecule has 0 saturated carbocycles. The number of hydrogen-bond donors (Lipinski definition) is 3. The molecule has 2 heterocycles. The fourth-order valence-corrected chi connectivity index (χ4v) is 4.98. The first-order valence-electron chi connectivity index (χ1n) is 9.27. The predicted molar refractivity (Wildman–Crippen MR) is 114 cm³/mol. The highest BCUT2D eigenvalue weighted by Crippen LogP contribution is 2.35. The largest absolute Gasteiger partial charge is 0.396 e. The van der Waals surface area contributed by atoms with Crippen LogP contribution in [-0.4, -0.2) is 40.1 Å². The standard InChI is InChI=1S/C21H22N4O3S/c1-21(2,9-11-26)29(27,28)19-5-3-4-16-17(8-10-22-20(16)19)24-15-7-6-14-13-23-25-18(14)12-15/h3-8,10,12-13,26H,9,11H2,1-2H3,(H,22,24)(H,23,25). The molecule has 2 aromatic carbocycles. The second-order valence-electron chi connectivity index (χ2n) is 7.54. The van der Waals surface area contributed by atoms with Crippen LogP contribution in [0, 0.1) is 0 Å².